The molecule has 0 spiro atoms. The summed E-state index contributed by atoms with van der Waals surface area (Å²) in [6.07, 6.45) is 4.49. The highest BCUT2D eigenvalue weighted by molar-refractivity contribution is 5.94. The Kier molecular flexibility index (Phi) is 6.01. The molecule has 172 valence electrons. The highest BCUT2D eigenvalue weighted by atomic mass is 16.5. The average Bonchev–Trinajstić information content (AvgIpc) is 3.44. The van der Waals surface area contributed by atoms with Crippen molar-refractivity contribution in [3.05, 3.63) is 78.0 Å². The van der Waals surface area contributed by atoms with E-state index in [9.17, 15) is 0 Å². The molecular weight excluding hydrogens is 414 g/mol. The summed E-state index contributed by atoms with van der Waals surface area (Å²) in [7, 11) is 3.34. The number of hydrogen-bond donors (Lipinski definition) is 0. The van der Waals surface area contributed by atoms with E-state index in [0.29, 0.717) is 0 Å². The number of nitrogens with zero attached hydrogens (tertiary/aromatic N) is 3. The zero-order chi connectivity index (χ0) is 22.8. The van der Waals surface area contributed by atoms with Gasteiger partial charge in [0.2, 0.25) is 0 Å². The summed E-state index contributed by atoms with van der Waals surface area (Å²) in [5.41, 5.74) is 2.49. The van der Waals surface area contributed by atoms with Gasteiger partial charge in [-0.25, -0.2) is 0 Å². The summed E-state index contributed by atoms with van der Waals surface area (Å²) < 4.78 is 18.9. The minimum absolute atomic E-state index is 0.752. The monoisotopic (exact) mass is 445 g/mol. The van der Waals surface area contributed by atoms with Crippen LogP contribution in [0.2, 0.25) is 0 Å². The summed E-state index contributed by atoms with van der Waals surface area (Å²) >= 11 is 0. The minimum Gasteiger partial charge on any atom is -0.493 e. The molecule has 0 unspecified atom stereocenters. The van der Waals surface area contributed by atoms with Crippen LogP contribution < -0.4 is 14.4 Å². The largest absolute Gasteiger partial charge is 0.493 e. The molecule has 0 N–H and O–H groups in total. The maximum absolute atomic E-state index is 5.76. The quantitative estimate of drug-likeness (QED) is 0.404. The molecule has 6 heteroatoms. The topological polar surface area (TPSA) is 43.0 Å². The number of benzene rings is 2. The van der Waals surface area contributed by atoms with E-state index in [0.717, 1.165) is 62.3 Å². The van der Waals surface area contributed by atoms with Gasteiger partial charge in [-0.15, -0.1) is 0 Å². The van der Waals surface area contributed by atoms with Crippen LogP contribution in [0.25, 0.3) is 10.8 Å². The van der Waals surface area contributed by atoms with Crippen molar-refractivity contribution in [1.29, 1.82) is 0 Å². The number of piperazine rings is 1. The molecular formula is C27H31N3O3. The summed E-state index contributed by atoms with van der Waals surface area (Å²) in [4.78, 5) is 4.98. The van der Waals surface area contributed by atoms with Gasteiger partial charge in [-0.1, -0.05) is 18.2 Å². The molecule has 5 rings (SSSR count). The van der Waals surface area contributed by atoms with E-state index in [4.69, 9.17) is 13.9 Å². The molecule has 1 aliphatic rings. The Morgan fingerprint density at radius 1 is 0.848 bits per heavy atom. The van der Waals surface area contributed by atoms with Crippen molar-refractivity contribution in [2.45, 2.75) is 20.0 Å². The maximum Gasteiger partial charge on any atom is 0.161 e. The van der Waals surface area contributed by atoms with Gasteiger partial charge in [0.1, 0.15) is 11.5 Å². The number of furan rings is 1. The molecule has 1 aliphatic heterocycles. The fraction of sp³-hybridized carbons (Fsp3) is 0.333. The van der Waals surface area contributed by atoms with E-state index < -0.39 is 0 Å². The first kappa shape index (κ1) is 21.5. The third kappa shape index (κ3) is 4.57. The SMILES string of the molecule is COc1ccc(Cn2cc3cccc(N4CCN(Cc5ccc(C)o5)CC4)c3c2)cc1OC. The summed E-state index contributed by atoms with van der Waals surface area (Å²) in [5, 5.41) is 2.56. The second-order valence-electron chi connectivity index (χ2n) is 8.68. The standard InChI is InChI=1S/C27H31N3O3/c1-20-7-9-23(33-20)18-28-11-13-30(14-12-28)25-6-4-5-22-17-29(19-24(22)25)16-21-8-10-26(31-2)27(15-21)32-3/h4-10,15,17,19H,11-14,16,18H2,1-3H3. The molecule has 1 fully saturated rings. The van der Waals surface area contributed by atoms with Crippen molar-refractivity contribution in [3.63, 3.8) is 0 Å². The molecule has 6 nitrogen and oxygen atoms in total. The Balaban J connectivity index is 1.30. The van der Waals surface area contributed by atoms with Gasteiger partial charge in [-0.05, 0) is 42.8 Å². The van der Waals surface area contributed by atoms with Gasteiger partial charge in [0.15, 0.2) is 11.5 Å². The van der Waals surface area contributed by atoms with Crippen LogP contribution in [0.5, 0.6) is 11.5 Å². The Labute approximate surface area is 194 Å². The normalized spacial score (nSPS) is 14.7. The number of rotatable bonds is 7. The lowest BCUT2D eigenvalue weighted by Crippen LogP contribution is -2.45. The van der Waals surface area contributed by atoms with Crippen LogP contribution in [0.15, 0.2) is 65.3 Å². The molecule has 0 atom stereocenters. The first-order valence-electron chi connectivity index (χ1n) is 11.4. The molecule has 0 saturated carbocycles. The van der Waals surface area contributed by atoms with Crippen LogP contribution in [-0.2, 0) is 13.1 Å². The van der Waals surface area contributed by atoms with Crippen molar-refractivity contribution in [3.8, 4) is 11.5 Å². The van der Waals surface area contributed by atoms with Crippen LogP contribution in [0.4, 0.5) is 5.69 Å². The van der Waals surface area contributed by atoms with Crippen LogP contribution in [0.1, 0.15) is 17.1 Å². The predicted octanol–water partition coefficient (Wildman–Crippen LogP) is 4.93. The van der Waals surface area contributed by atoms with Crippen molar-refractivity contribution in [2.75, 3.05) is 45.3 Å². The number of aryl methyl sites for hydroxylation is 1. The molecule has 0 radical (unpaired) electrons. The Hall–Kier alpha value is -3.38. The lowest BCUT2D eigenvalue weighted by Gasteiger charge is -2.36. The number of hydrogen-bond acceptors (Lipinski definition) is 5. The lowest BCUT2D eigenvalue weighted by atomic mass is 10.1. The number of fused-ring (bicyclic) bond motifs is 1. The smallest absolute Gasteiger partial charge is 0.161 e. The van der Waals surface area contributed by atoms with Gasteiger partial charge >= 0.3 is 0 Å². The molecule has 4 aromatic rings. The van der Waals surface area contributed by atoms with Crippen LogP contribution in [0.3, 0.4) is 0 Å². The van der Waals surface area contributed by atoms with Crippen LogP contribution in [0, 0.1) is 6.92 Å². The van der Waals surface area contributed by atoms with Crippen LogP contribution >= 0.6 is 0 Å². The van der Waals surface area contributed by atoms with Gasteiger partial charge in [-0.3, -0.25) is 4.90 Å². The van der Waals surface area contributed by atoms with Gasteiger partial charge < -0.3 is 23.4 Å². The first-order valence-corrected chi connectivity index (χ1v) is 11.4. The third-order valence-corrected chi connectivity index (χ3v) is 6.42. The Morgan fingerprint density at radius 2 is 1.67 bits per heavy atom. The molecule has 2 aromatic heterocycles. The van der Waals surface area contributed by atoms with Gasteiger partial charge in [0.05, 0.1) is 20.8 Å². The van der Waals surface area contributed by atoms with E-state index >= 15 is 0 Å². The zero-order valence-electron chi connectivity index (χ0n) is 19.6. The average molecular weight is 446 g/mol. The summed E-state index contributed by atoms with van der Waals surface area (Å²) in [5.74, 6) is 3.54. The molecule has 0 bridgehead atoms. The Bertz CT molecular complexity index is 1230. The molecule has 1 saturated heterocycles. The Morgan fingerprint density at radius 3 is 2.39 bits per heavy atom. The molecule has 3 heterocycles. The van der Waals surface area contributed by atoms with E-state index in [1.807, 2.05) is 25.1 Å². The summed E-state index contributed by atoms with van der Waals surface area (Å²) in [6, 6.07) is 16.8. The number of ether oxygens (including phenoxy) is 2. The van der Waals surface area contributed by atoms with E-state index in [1.54, 1.807) is 14.2 Å². The predicted molar refractivity (Wildman–Crippen MR) is 132 cm³/mol. The molecule has 33 heavy (non-hydrogen) atoms. The molecule has 0 aliphatic carbocycles. The fourth-order valence-corrected chi connectivity index (χ4v) is 4.70. The van der Waals surface area contributed by atoms with Crippen molar-refractivity contribution < 1.29 is 13.9 Å². The number of methoxy groups -OCH3 is 2. The zero-order valence-corrected chi connectivity index (χ0v) is 19.6. The highest BCUT2D eigenvalue weighted by Crippen LogP contribution is 2.31. The minimum atomic E-state index is 0.752. The molecule has 0 amide bonds. The molecule has 2 aromatic carbocycles. The number of aromatic nitrogens is 1. The van der Waals surface area contributed by atoms with E-state index in [1.165, 1.54) is 22.0 Å². The maximum atomic E-state index is 5.76. The van der Waals surface area contributed by atoms with Crippen molar-refractivity contribution >= 4 is 16.5 Å². The highest BCUT2D eigenvalue weighted by Gasteiger charge is 2.20. The fourth-order valence-electron chi connectivity index (χ4n) is 4.70. The van der Waals surface area contributed by atoms with E-state index in [2.05, 4.69) is 57.1 Å². The number of anilines is 1. The van der Waals surface area contributed by atoms with E-state index in [-0.39, 0.29) is 0 Å². The third-order valence-electron chi connectivity index (χ3n) is 6.42. The lowest BCUT2D eigenvalue weighted by molar-refractivity contribution is 0.229. The van der Waals surface area contributed by atoms with Crippen molar-refractivity contribution in [2.24, 2.45) is 0 Å². The van der Waals surface area contributed by atoms with Gasteiger partial charge in [0.25, 0.3) is 0 Å². The van der Waals surface area contributed by atoms with Gasteiger partial charge in [0, 0.05) is 61.6 Å². The van der Waals surface area contributed by atoms with Crippen LogP contribution in [-0.4, -0.2) is 49.9 Å². The summed E-state index contributed by atoms with van der Waals surface area (Å²) in [6.45, 7) is 7.75. The van der Waals surface area contributed by atoms with Gasteiger partial charge in [-0.2, -0.15) is 0 Å². The second kappa shape index (κ2) is 9.24. The second-order valence-corrected chi connectivity index (χ2v) is 8.68. The first-order chi connectivity index (χ1) is 16.1. The van der Waals surface area contributed by atoms with Crippen molar-refractivity contribution in [1.82, 2.24) is 9.47 Å².